The summed E-state index contributed by atoms with van der Waals surface area (Å²) < 4.78 is 6.27. The number of nitrogens with zero attached hydrogens (tertiary/aromatic N) is 2. The van der Waals surface area contributed by atoms with E-state index in [4.69, 9.17) is 4.74 Å². The SMILES string of the molecule is O=C(C1=CCCCC1)N1CC2(C[C@H](OCc3ccccn3)CS2)C1. The molecule has 5 heteroatoms. The molecule has 0 N–H and O–H groups in total. The first-order valence-electron chi connectivity index (χ1n) is 8.88. The van der Waals surface area contributed by atoms with E-state index in [0.717, 1.165) is 55.8 Å². The molecule has 3 heterocycles. The Balaban J connectivity index is 1.26. The van der Waals surface area contributed by atoms with Gasteiger partial charge in [0.2, 0.25) is 5.91 Å². The van der Waals surface area contributed by atoms with Gasteiger partial charge >= 0.3 is 0 Å². The van der Waals surface area contributed by atoms with E-state index >= 15 is 0 Å². The molecule has 1 amide bonds. The van der Waals surface area contributed by atoms with Gasteiger partial charge in [-0.1, -0.05) is 12.1 Å². The monoisotopic (exact) mass is 344 g/mol. The minimum absolute atomic E-state index is 0.236. The van der Waals surface area contributed by atoms with Crippen molar-refractivity contribution in [3.8, 4) is 0 Å². The van der Waals surface area contributed by atoms with Gasteiger partial charge in [0, 0.05) is 30.6 Å². The molecule has 3 aliphatic rings. The molecule has 0 bridgehead atoms. The first-order valence-corrected chi connectivity index (χ1v) is 9.86. The van der Waals surface area contributed by atoms with Crippen LogP contribution in [0, 0.1) is 0 Å². The zero-order chi connectivity index (χ0) is 16.4. The lowest BCUT2D eigenvalue weighted by Gasteiger charge is -2.48. The number of carbonyl (C=O) groups is 1. The highest BCUT2D eigenvalue weighted by Gasteiger charge is 2.51. The Kier molecular flexibility index (Phi) is 4.63. The summed E-state index contributed by atoms with van der Waals surface area (Å²) in [5.41, 5.74) is 2.03. The van der Waals surface area contributed by atoms with E-state index in [1.165, 1.54) is 6.42 Å². The van der Waals surface area contributed by atoms with Crippen LogP contribution in [0.2, 0.25) is 0 Å². The third-order valence-electron chi connectivity index (χ3n) is 5.18. The molecule has 2 saturated heterocycles. The highest BCUT2D eigenvalue weighted by Crippen LogP contribution is 2.46. The van der Waals surface area contributed by atoms with Crippen LogP contribution >= 0.6 is 11.8 Å². The number of carbonyl (C=O) groups excluding carboxylic acids is 1. The predicted octanol–water partition coefficient (Wildman–Crippen LogP) is 3.19. The van der Waals surface area contributed by atoms with Crippen LogP contribution in [0.25, 0.3) is 0 Å². The number of amides is 1. The van der Waals surface area contributed by atoms with Crippen molar-refractivity contribution >= 4 is 17.7 Å². The molecule has 128 valence electrons. The van der Waals surface area contributed by atoms with E-state index in [0.29, 0.717) is 6.61 Å². The Morgan fingerprint density at radius 3 is 3.04 bits per heavy atom. The molecule has 0 radical (unpaired) electrons. The Labute approximate surface area is 147 Å². The van der Waals surface area contributed by atoms with Gasteiger partial charge in [-0.15, -0.1) is 11.8 Å². The molecular formula is C19H24N2O2S. The van der Waals surface area contributed by atoms with E-state index in [1.54, 1.807) is 6.20 Å². The molecule has 1 aliphatic carbocycles. The second-order valence-corrected chi connectivity index (χ2v) is 8.58. The normalized spacial score (nSPS) is 25.4. The van der Waals surface area contributed by atoms with Gasteiger partial charge in [0.25, 0.3) is 0 Å². The molecule has 0 unspecified atom stereocenters. The summed E-state index contributed by atoms with van der Waals surface area (Å²) in [4.78, 5) is 18.9. The molecule has 1 aromatic rings. The number of ether oxygens (including phenoxy) is 1. The fourth-order valence-corrected chi connectivity index (χ4v) is 5.40. The molecule has 1 spiro atoms. The largest absolute Gasteiger partial charge is 0.371 e. The summed E-state index contributed by atoms with van der Waals surface area (Å²) in [6.45, 7) is 2.35. The standard InChI is InChI=1S/C19H24N2O2S/c22-18(15-6-2-1-3-7-15)21-13-19(14-21)10-17(12-24-19)23-11-16-8-4-5-9-20-16/h4-6,8-9,17H,1-3,7,10-14H2/t17-/m0/s1. The maximum atomic E-state index is 12.5. The van der Waals surface area contributed by atoms with Crippen molar-refractivity contribution in [2.24, 2.45) is 0 Å². The fraction of sp³-hybridized carbons (Fsp3) is 0.579. The summed E-state index contributed by atoms with van der Waals surface area (Å²) in [7, 11) is 0. The third-order valence-corrected chi connectivity index (χ3v) is 6.75. The Bertz CT molecular complexity index is 626. The number of likely N-dealkylation sites (tertiary alicyclic amines) is 1. The smallest absolute Gasteiger partial charge is 0.249 e. The van der Waals surface area contributed by atoms with Crippen molar-refractivity contribution in [2.75, 3.05) is 18.8 Å². The third kappa shape index (κ3) is 3.38. The van der Waals surface area contributed by atoms with Gasteiger partial charge < -0.3 is 9.64 Å². The van der Waals surface area contributed by atoms with Gasteiger partial charge in [-0.3, -0.25) is 9.78 Å². The lowest BCUT2D eigenvalue weighted by Crippen LogP contribution is -2.61. The summed E-state index contributed by atoms with van der Waals surface area (Å²) in [6, 6.07) is 5.91. The summed E-state index contributed by atoms with van der Waals surface area (Å²) in [6.07, 6.45) is 9.71. The first kappa shape index (κ1) is 16.2. The lowest BCUT2D eigenvalue weighted by atomic mass is 9.90. The van der Waals surface area contributed by atoms with Crippen molar-refractivity contribution in [2.45, 2.75) is 49.6 Å². The highest BCUT2D eigenvalue weighted by atomic mass is 32.2. The topological polar surface area (TPSA) is 42.4 Å². The molecule has 24 heavy (non-hydrogen) atoms. The molecule has 2 aliphatic heterocycles. The lowest BCUT2D eigenvalue weighted by molar-refractivity contribution is -0.132. The Morgan fingerprint density at radius 2 is 2.29 bits per heavy atom. The number of aromatic nitrogens is 1. The molecule has 4 nitrogen and oxygen atoms in total. The molecular weight excluding hydrogens is 320 g/mol. The highest BCUT2D eigenvalue weighted by molar-refractivity contribution is 8.01. The van der Waals surface area contributed by atoms with Crippen molar-refractivity contribution < 1.29 is 9.53 Å². The number of pyridine rings is 1. The molecule has 0 aromatic carbocycles. The van der Waals surface area contributed by atoms with Crippen molar-refractivity contribution in [1.29, 1.82) is 0 Å². The number of allylic oxidation sites excluding steroid dienone is 1. The quantitative estimate of drug-likeness (QED) is 0.841. The predicted molar refractivity (Wildman–Crippen MR) is 95.8 cm³/mol. The van der Waals surface area contributed by atoms with E-state index in [2.05, 4.69) is 11.1 Å². The average Bonchev–Trinajstić information content (AvgIpc) is 3.04. The molecule has 2 fully saturated rings. The van der Waals surface area contributed by atoms with Gasteiger partial charge in [-0.2, -0.15) is 0 Å². The fourth-order valence-electron chi connectivity index (χ4n) is 3.85. The summed E-state index contributed by atoms with van der Waals surface area (Å²) in [5, 5.41) is 0. The van der Waals surface area contributed by atoms with Gasteiger partial charge in [-0.25, -0.2) is 0 Å². The number of rotatable bonds is 4. The van der Waals surface area contributed by atoms with Crippen LogP contribution in [-0.2, 0) is 16.1 Å². The minimum atomic E-state index is 0.236. The average molecular weight is 344 g/mol. The number of thioether (sulfide) groups is 1. The van der Waals surface area contributed by atoms with Crippen LogP contribution in [-0.4, -0.2) is 45.5 Å². The molecule has 4 rings (SSSR count). The summed E-state index contributed by atoms with van der Waals surface area (Å²) in [5.74, 6) is 1.30. The molecule has 1 aromatic heterocycles. The maximum absolute atomic E-state index is 12.5. The van der Waals surface area contributed by atoms with Crippen molar-refractivity contribution in [1.82, 2.24) is 9.88 Å². The van der Waals surface area contributed by atoms with Gasteiger partial charge in [0.05, 0.1) is 23.2 Å². The van der Waals surface area contributed by atoms with Crippen molar-refractivity contribution in [3.05, 3.63) is 41.7 Å². The van der Waals surface area contributed by atoms with E-state index < -0.39 is 0 Å². The van der Waals surface area contributed by atoms with E-state index in [9.17, 15) is 4.79 Å². The number of hydrogen-bond acceptors (Lipinski definition) is 4. The molecule has 0 saturated carbocycles. The molecule has 1 atom stereocenters. The van der Waals surface area contributed by atoms with E-state index in [1.807, 2.05) is 34.9 Å². The van der Waals surface area contributed by atoms with Crippen LogP contribution in [0.4, 0.5) is 0 Å². The number of hydrogen-bond donors (Lipinski definition) is 0. The van der Waals surface area contributed by atoms with Gasteiger partial charge in [0.1, 0.15) is 0 Å². The second-order valence-electron chi connectivity index (χ2n) is 7.09. The minimum Gasteiger partial charge on any atom is -0.371 e. The van der Waals surface area contributed by atoms with Gasteiger partial charge in [0.15, 0.2) is 0 Å². The zero-order valence-electron chi connectivity index (χ0n) is 13.9. The van der Waals surface area contributed by atoms with Crippen LogP contribution in [0.15, 0.2) is 36.0 Å². The van der Waals surface area contributed by atoms with Gasteiger partial charge in [-0.05, 0) is 44.2 Å². The van der Waals surface area contributed by atoms with Crippen molar-refractivity contribution in [3.63, 3.8) is 0 Å². The Hall–Kier alpha value is -1.33. The van der Waals surface area contributed by atoms with E-state index in [-0.39, 0.29) is 16.8 Å². The van der Waals surface area contributed by atoms with Crippen LogP contribution < -0.4 is 0 Å². The van der Waals surface area contributed by atoms with Crippen LogP contribution in [0.3, 0.4) is 0 Å². The Morgan fingerprint density at radius 1 is 1.38 bits per heavy atom. The van der Waals surface area contributed by atoms with Crippen LogP contribution in [0.5, 0.6) is 0 Å². The first-order chi connectivity index (χ1) is 11.7. The zero-order valence-corrected chi connectivity index (χ0v) is 14.8. The second kappa shape index (κ2) is 6.89. The maximum Gasteiger partial charge on any atom is 0.249 e. The summed E-state index contributed by atoms with van der Waals surface area (Å²) >= 11 is 1.98. The van der Waals surface area contributed by atoms with Crippen LogP contribution in [0.1, 0.15) is 37.8 Å².